The SMILES string of the molecule is CC[C@@H](C)[C@H](C(=O)N[C@@H](Cc1ccc(Cl)c(Cl)c1)C(=O)NCc1ccc(N)nc1)N(C)C(=O)OC(C)(C)C. The van der Waals surface area contributed by atoms with E-state index in [0.29, 0.717) is 27.8 Å². The number of ether oxygens (including phenoxy) is 1. The van der Waals surface area contributed by atoms with Crippen molar-refractivity contribution in [3.63, 3.8) is 0 Å². The molecule has 38 heavy (non-hydrogen) atoms. The molecule has 0 unspecified atom stereocenters. The van der Waals surface area contributed by atoms with Gasteiger partial charge in [0.05, 0.1) is 10.0 Å². The number of nitrogen functional groups attached to an aromatic ring is 1. The molecule has 1 heterocycles. The average Bonchev–Trinajstić information content (AvgIpc) is 2.84. The van der Waals surface area contributed by atoms with E-state index in [9.17, 15) is 14.4 Å². The molecule has 208 valence electrons. The topological polar surface area (TPSA) is 127 Å². The van der Waals surface area contributed by atoms with Crippen LogP contribution in [0.1, 0.15) is 52.2 Å². The highest BCUT2D eigenvalue weighted by Crippen LogP contribution is 2.24. The van der Waals surface area contributed by atoms with Crippen LogP contribution in [-0.4, -0.2) is 52.5 Å². The van der Waals surface area contributed by atoms with Crippen LogP contribution in [0.25, 0.3) is 0 Å². The second kappa shape index (κ2) is 13.7. The first-order valence-corrected chi connectivity index (χ1v) is 13.2. The molecule has 3 amide bonds. The minimum atomic E-state index is -0.958. The lowest BCUT2D eigenvalue weighted by atomic mass is 9.96. The van der Waals surface area contributed by atoms with Gasteiger partial charge in [-0.05, 0) is 56.0 Å². The second-order valence-corrected chi connectivity index (χ2v) is 11.1. The lowest BCUT2D eigenvalue weighted by Crippen LogP contribution is -2.57. The summed E-state index contributed by atoms with van der Waals surface area (Å²) in [5.74, 6) is -0.719. The fourth-order valence-corrected chi connectivity index (χ4v) is 4.03. The number of nitrogens with zero attached hydrogens (tertiary/aromatic N) is 2. The summed E-state index contributed by atoms with van der Waals surface area (Å²) in [6.45, 7) is 9.25. The van der Waals surface area contributed by atoms with Crippen LogP contribution in [0.3, 0.4) is 0 Å². The minimum absolute atomic E-state index is 0.151. The molecule has 0 saturated carbocycles. The van der Waals surface area contributed by atoms with Crippen LogP contribution in [0, 0.1) is 5.92 Å². The van der Waals surface area contributed by atoms with E-state index in [4.69, 9.17) is 33.7 Å². The third-order valence-corrected chi connectivity index (χ3v) is 6.66. The number of hydrogen-bond donors (Lipinski definition) is 3. The molecule has 0 aliphatic rings. The van der Waals surface area contributed by atoms with E-state index in [1.807, 2.05) is 13.8 Å². The predicted octanol–water partition coefficient (Wildman–Crippen LogP) is 4.60. The molecule has 0 radical (unpaired) electrons. The monoisotopic (exact) mass is 565 g/mol. The van der Waals surface area contributed by atoms with Gasteiger partial charge in [0, 0.05) is 26.2 Å². The average molecular weight is 567 g/mol. The predicted molar refractivity (Wildman–Crippen MR) is 150 cm³/mol. The molecule has 0 spiro atoms. The molecule has 3 atom stereocenters. The van der Waals surface area contributed by atoms with E-state index < -0.39 is 35.6 Å². The lowest BCUT2D eigenvalue weighted by Gasteiger charge is -2.34. The van der Waals surface area contributed by atoms with Crippen molar-refractivity contribution in [2.75, 3.05) is 12.8 Å². The number of hydrogen-bond acceptors (Lipinski definition) is 6. The number of carbonyl (C=O) groups excluding carboxylic acids is 3. The Kier molecular flexibility index (Phi) is 11.2. The Morgan fingerprint density at radius 3 is 2.29 bits per heavy atom. The summed E-state index contributed by atoms with van der Waals surface area (Å²) in [6.07, 6.45) is 1.72. The number of benzene rings is 1. The molecule has 0 aliphatic carbocycles. The fourth-order valence-electron chi connectivity index (χ4n) is 3.71. The number of pyridine rings is 1. The van der Waals surface area contributed by atoms with Gasteiger partial charge in [-0.1, -0.05) is 55.6 Å². The van der Waals surface area contributed by atoms with Crippen molar-refractivity contribution < 1.29 is 19.1 Å². The van der Waals surface area contributed by atoms with Crippen molar-refractivity contribution in [3.05, 3.63) is 57.7 Å². The maximum atomic E-state index is 13.6. The number of halogens is 2. The van der Waals surface area contributed by atoms with E-state index in [2.05, 4.69) is 15.6 Å². The fraction of sp³-hybridized carbons (Fsp3) is 0.481. The lowest BCUT2D eigenvalue weighted by molar-refractivity contribution is -0.132. The number of likely N-dealkylation sites (N-methyl/N-ethyl adjacent to an activating group) is 1. The quantitative estimate of drug-likeness (QED) is 0.386. The standard InChI is InChI=1S/C27H37Cl2N5O4/c1-7-16(2)23(34(6)26(37)38-27(3,4)5)25(36)33-21(13-17-8-10-19(28)20(29)12-17)24(35)32-15-18-9-11-22(30)31-14-18/h8-12,14,16,21,23H,7,13,15H2,1-6H3,(H2,30,31)(H,32,35)(H,33,36)/t16-,21+,23-/m1/s1. The van der Waals surface area contributed by atoms with Gasteiger partial charge in [0.2, 0.25) is 11.8 Å². The van der Waals surface area contributed by atoms with Crippen LogP contribution in [-0.2, 0) is 27.3 Å². The van der Waals surface area contributed by atoms with E-state index in [1.165, 1.54) is 11.9 Å². The number of nitrogens with two attached hydrogens (primary N) is 1. The maximum absolute atomic E-state index is 13.6. The van der Waals surface area contributed by atoms with Crippen molar-refractivity contribution in [1.29, 1.82) is 0 Å². The highest BCUT2D eigenvalue weighted by molar-refractivity contribution is 6.42. The van der Waals surface area contributed by atoms with Crippen molar-refractivity contribution in [3.8, 4) is 0 Å². The number of aromatic nitrogens is 1. The molecule has 2 aromatic rings. The summed E-state index contributed by atoms with van der Waals surface area (Å²) in [5.41, 5.74) is 6.36. The summed E-state index contributed by atoms with van der Waals surface area (Å²) in [6, 6.07) is 6.60. The van der Waals surface area contributed by atoms with Gasteiger partial charge in [-0.3, -0.25) is 14.5 Å². The van der Waals surface area contributed by atoms with E-state index in [1.54, 1.807) is 57.3 Å². The first-order chi connectivity index (χ1) is 17.7. The largest absolute Gasteiger partial charge is 0.444 e. The molecule has 0 bridgehead atoms. The molecule has 4 N–H and O–H groups in total. The Morgan fingerprint density at radius 1 is 1.08 bits per heavy atom. The highest BCUT2D eigenvalue weighted by atomic mass is 35.5. The third kappa shape index (κ3) is 9.36. The first-order valence-electron chi connectivity index (χ1n) is 12.4. The minimum Gasteiger partial charge on any atom is -0.444 e. The van der Waals surface area contributed by atoms with Gasteiger partial charge in [-0.15, -0.1) is 0 Å². The summed E-state index contributed by atoms with van der Waals surface area (Å²) >= 11 is 12.2. The van der Waals surface area contributed by atoms with Crippen molar-refractivity contribution in [1.82, 2.24) is 20.5 Å². The Hall–Kier alpha value is -3.04. The van der Waals surface area contributed by atoms with Crippen molar-refractivity contribution in [2.45, 2.75) is 71.7 Å². The van der Waals surface area contributed by atoms with Gasteiger partial charge in [-0.25, -0.2) is 9.78 Å². The molecular formula is C27H37Cl2N5O4. The number of carbonyl (C=O) groups is 3. The number of nitrogens with one attached hydrogen (secondary N) is 2. The highest BCUT2D eigenvalue weighted by Gasteiger charge is 2.35. The molecular weight excluding hydrogens is 529 g/mol. The zero-order valence-corrected chi connectivity index (χ0v) is 24.2. The summed E-state index contributed by atoms with van der Waals surface area (Å²) in [7, 11) is 1.52. The van der Waals surface area contributed by atoms with Gasteiger partial charge in [-0.2, -0.15) is 0 Å². The third-order valence-electron chi connectivity index (χ3n) is 5.92. The first kappa shape index (κ1) is 31.2. The normalized spacial score (nSPS) is 13.7. The Labute approximate surface area is 234 Å². The molecule has 0 saturated heterocycles. The van der Waals surface area contributed by atoms with Crippen LogP contribution in [0.15, 0.2) is 36.5 Å². The Balaban J connectivity index is 2.29. The summed E-state index contributed by atoms with van der Waals surface area (Å²) in [4.78, 5) is 45.0. The van der Waals surface area contributed by atoms with Gasteiger partial charge < -0.3 is 21.1 Å². The van der Waals surface area contributed by atoms with Crippen molar-refractivity contribution in [2.24, 2.45) is 5.92 Å². The number of rotatable bonds is 10. The van der Waals surface area contributed by atoms with E-state index in [-0.39, 0.29) is 18.9 Å². The molecule has 11 heteroatoms. The van der Waals surface area contributed by atoms with Crippen LogP contribution < -0.4 is 16.4 Å². The Morgan fingerprint density at radius 2 is 1.74 bits per heavy atom. The molecule has 0 aliphatic heterocycles. The van der Waals surface area contributed by atoms with Crippen LogP contribution in [0.5, 0.6) is 0 Å². The van der Waals surface area contributed by atoms with Gasteiger partial charge in [0.25, 0.3) is 0 Å². The summed E-state index contributed by atoms with van der Waals surface area (Å²) in [5, 5.41) is 6.40. The van der Waals surface area contributed by atoms with Gasteiger partial charge >= 0.3 is 6.09 Å². The molecule has 2 rings (SSSR count). The number of anilines is 1. The van der Waals surface area contributed by atoms with Crippen LogP contribution in [0.4, 0.5) is 10.6 Å². The number of amides is 3. The Bertz CT molecular complexity index is 1120. The molecule has 9 nitrogen and oxygen atoms in total. The van der Waals surface area contributed by atoms with Crippen LogP contribution in [0.2, 0.25) is 10.0 Å². The smallest absolute Gasteiger partial charge is 0.410 e. The molecule has 1 aromatic carbocycles. The van der Waals surface area contributed by atoms with Gasteiger partial charge in [0.15, 0.2) is 0 Å². The van der Waals surface area contributed by atoms with Crippen molar-refractivity contribution >= 4 is 46.9 Å². The zero-order chi connectivity index (χ0) is 28.6. The zero-order valence-electron chi connectivity index (χ0n) is 22.7. The van der Waals surface area contributed by atoms with E-state index in [0.717, 1.165) is 5.56 Å². The molecule has 0 fully saturated rings. The van der Waals surface area contributed by atoms with Crippen LogP contribution >= 0.6 is 23.2 Å². The summed E-state index contributed by atoms with van der Waals surface area (Å²) < 4.78 is 5.48. The maximum Gasteiger partial charge on any atom is 0.410 e. The second-order valence-electron chi connectivity index (χ2n) is 10.2. The van der Waals surface area contributed by atoms with E-state index >= 15 is 0 Å². The molecule has 1 aromatic heterocycles. The van der Waals surface area contributed by atoms with Gasteiger partial charge in [0.1, 0.15) is 23.5 Å².